The average molecular weight is 335 g/mol. The van der Waals surface area contributed by atoms with Crippen molar-refractivity contribution in [1.29, 1.82) is 0 Å². The van der Waals surface area contributed by atoms with E-state index in [2.05, 4.69) is 4.72 Å². The van der Waals surface area contributed by atoms with Crippen LogP contribution in [0.15, 0.2) is 23.1 Å². The van der Waals surface area contributed by atoms with E-state index in [0.29, 0.717) is 11.5 Å². The molecule has 0 heterocycles. The van der Waals surface area contributed by atoms with E-state index in [4.69, 9.17) is 9.47 Å². The van der Waals surface area contributed by atoms with Gasteiger partial charge in [-0.05, 0) is 25.3 Å². The van der Waals surface area contributed by atoms with E-state index in [9.17, 15) is 13.5 Å². The molecular formula is C13H21NO5S2. The van der Waals surface area contributed by atoms with Crippen molar-refractivity contribution < 1.29 is 23.0 Å². The third kappa shape index (κ3) is 5.06. The molecule has 1 unspecified atom stereocenters. The van der Waals surface area contributed by atoms with E-state index in [0.717, 1.165) is 0 Å². The lowest BCUT2D eigenvalue weighted by Gasteiger charge is -2.22. The lowest BCUT2D eigenvalue weighted by molar-refractivity contribution is 0.0908. The van der Waals surface area contributed by atoms with Gasteiger partial charge in [0, 0.05) is 18.4 Å². The summed E-state index contributed by atoms with van der Waals surface area (Å²) in [7, 11) is -0.906. The Labute approximate surface area is 129 Å². The molecule has 120 valence electrons. The van der Waals surface area contributed by atoms with Crippen molar-refractivity contribution >= 4 is 21.8 Å². The van der Waals surface area contributed by atoms with Crippen LogP contribution in [-0.2, 0) is 10.0 Å². The highest BCUT2D eigenvalue weighted by atomic mass is 32.2. The molecule has 1 aromatic carbocycles. The van der Waals surface area contributed by atoms with Crippen LogP contribution in [0, 0.1) is 0 Å². The van der Waals surface area contributed by atoms with Gasteiger partial charge in [-0.2, -0.15) is 11.8 Å². The van der Waals surface area contributed by atoms with Gasteiger partial charge in [0.15, 0.2) is 0 Å². The smallest absolute Gasteiger partial charge is 0.244 e. The van der Waals surface area contributed by atoms with Crippen LogP contribution in [0.25, 0.3) is 0 Å². The molecule has 0 saturated carbocycles. The topological polar surface area (TPSA) is 84.9 Å². The molecule has 0 spiro atoms. The lowest BCUT2D eigenvalue weighted by atomic mass is 10.1. The second kappa shape index (κ2) is 7.35. The molecule has 21 heavy (non-hydrogen) atoms. The number of thioether (sulfide) groups is 1. The fourth-order valence-electron chi connectivity index (χ4n) is 1.69. The van der Waals surface area contributed by atoms with Crippen molar-refractivity contribution in [2.45, 2.75) is 17.4 Å². The highest BCUT2D eigenvalue weighted by Gasteiger charge is 2.26. The maximum absolute atomic E-state index is 12.3. The summed E-state index contributed by atoms with van der Waals surface area (Å²) >= 11 is 1.44. The fourth-order valence-corrected chi connectivity index (χ4v) is 3.72. The summed E-state index contributed by atoms with van der Waals surface area (Å²) in [6.45, 7) is 1.50. The molecule has 8 heteroatoms. The first-order chi connectivity index (χ1) is 9.75. The van der Waals surface area contributed by atoms with Gasteiger partial charge in [-0.25, -0.2) is 13.1 Å². The van der Waals surface area contributed by atoms with Crippen molar-refractivity contribution in [2.24, 2.45) is 0 Å². The predicted molar refractivity (Wildman–Crippen MR) is 83.7 cm³/mol. The molecule has 0 radical (unpaired) electrons. The average Bonchev–Trinajstić information content (AvgIpc) is 2.44. The number of aliphatic hydroxyl groups is 1. The number of benzene rings is 1. The third-order valence-electron chi connectivity index (χ3n) is 2.76. The van der Waals surface area contributed by atoms with Crippen LogP contribution in [0.3, 0.4) is 0 Å². The molecule has 0 bridgehead atoms. The Morgan fingerprint density at radius 2 is 2.00 bits per heavy atom. The number of rotatable bonds is 8. The van der Waals surface area contributed by atoms with Crippen LogP contribution in [0.5, 0.6) is 11.5 Å². The number of hydrogen-bond acceptors (Lipinski definition) is 6. The molecule has 6 nitrogen and oxygen atoms in total. The van der Waals surface area contributed by atoms with Gasteiger partial charge in [0.25, 0.3) is 0 Å². The molecule has 2 N–H and O–H groups in total. The summed E-state index contributed by atoms with van der Waals surface area (Å²) in [5.74, 6) is 1.11. The Morgan fingerprint density at radius 3 is 2.52 bits per heavy atom. The molecule has 0 aliphatic carbocycles. The summed E-state index contributed by atoms with van der Waals surface area (Å²) < 4.78 is 37.1. The molecule has 0 aliphatic heterocycles. The summed E-state index contributed by atoms with van der Waals surface area (Å²) in [5, 5.41) is 10.0. The van der Waals surface area contributed by atoms with Gasteiger partial charge in [0.1, 0.15) is 16.4 Å². The molecule has 0 aliphatic rings. The number of ether oxygens (including phenoxy) is 2. The maximum Gasteiger partial charge on any atom is 0.244 e. The number of nitrogens with one attached hydrogen (secondary N) is 1. The third-order valence-corrected chi connectivity index (χ3v) is 5.11. The van der Waals surface area contributed by atoms with Gasteiger partial charge in [0.2, 0.25) is 10.0 Å². The van der Waals surface area contributed by atoms with Crippen molar-refractivity contribution in [3.05, 3.63) is 18.2 Å². The lowest BCUT2D eigenvalue weighted by Crippen LogP contribution is -2.42. The van der Waals surface area contributed by atoms with Crippen LogP contribution >= 0.6 is 11.8 Å². The first-order valence-corrected chi connectivity index (χ1v) is 9.06. The first kappa shape index (κ1) is 18.1. The molecule has 0 fully saturated rings. The zero-order valence-corrected chi connectivity index (χ0v) is 14.2. The molecule has 0 saturated heterocycles. The fraction of sp³-hybridized carbons (Fsp3) is 0.538. The van der Waals surface area contributed by atoms with E-state index in [-0.39, 0.29) is 17.2 Å². The molecule has 0 amide bonds. The minimum Gasteiger partial charge on any atom is -0.497 e. The Morgan fingerprint density at radius 1 is 1.33 bits per heavy atom. The minimum absolute atomic E-state index is 0.00533. The van der Waals surface area contributed by atoms with Crippen molar-refractivity contribution in [3.8, 4) is 11.5 Å². The first-order valence-electron chi connectivity index (χ1n) is 6.19. The zero-order valence-electron chi connectivity index (χ0n) is 12.5. The Balaban J connectivity index is 2.98. The Kier molecular flexibility index (Phi) is 6.33. The highest BCUT2D eigenvalue weighted by molar-refractivity contribution is 7.98. The second-order valence-corrected chi connectivity index (χ2v) is 7.37. The van der Waals surface area contributed by atoms with Gasteiger partial charge in [-0.3, -0.25) is 0 Å². The SMILES string of the molecule is COc1ccc(S(=O)(=O)NCC(C)(O)CSC)c(OC)c1. The summed E-state index contributed by atoms with van der Waals surface area (Å²) in [6, 6.07) is 4.44. The van der Waals surface area contributed by atoms with Crippen LogP contribution < -0.4 is 14.2 Å². The van der Waals surface area contributed by atoms with Crippen molar-refractivity contribution in [1.82, 2.24) is 4.72 Å². The van der Waals surface area contributed by atoms with Gasteiger partial charge < -0.3 is 14.6 Å². The highest BCUT2D eigenvalue weighted by Crippen LogP contribution is 2.28. The number of methoxy groups -OCH3 is 2. The van der Waals surface area contributed by atoms with E-state index in [1.54, 1.807) is 6.92 Å². The molecule has 1 atom stereocenters. The Bertz CT molecular complexity index is 572. The van der Waals surface area contributed by atoms with E-state index in [1.165, 1.54) is 44.2 Å². The van der Waals surface area contributed by atoms with Gasteiger partial charge >= 0.3 is 0 Å². The van der Waals surface area contributed by atoms with Crippen LogP contribution in [0.4, 0.5) is 0 Å². The monoisotopic (exact) mass is 335 g/mol. The molecular weight excluding hydrogens is 314 g/mol. The largest absolute Gasteiger partial charge is 0.497 e. The van der Waals surface area contributed by atoms with Crippen LogP contribution in [0.2, 0.25) is 0 Å². The predicted octanol–water partition coefficient (Wildman–Crippen LogP) is 1.10. The van der Waals surface area contributed by atoms with Gasteiger partial charge in [-0.15, -0.1) is 0 Å². The van der Waals surface area contributed by atoms with Crippen molar-refractivity contribution in [2.75, 3.05) is 32.8 Å². The van der Waals surface area contributed by atoms with Crippen molar-refractivity contribution in [3.63, 3.8) is 0 Å². The maximum atomic E-state index is 12.3. The van der Waals surface area contributed by atoms with E-state index >= 15 is 0 Å². The minimum atomic E-state index is -3.78. The number of sulfonamides is 1. The second-order valence-electron chi connectivity index (χ2n) is 4.77. The quantitative estimate of drug-likeness (QED) is 0.740. The van der Waals surface area contributed by atoms with Gasteiger partial charge in [0.05, 0.1) is 19.8 Å². The standard InChI is InChI=1S/C13H21NO5S2/c1-13(15,9-20-4)8-14-21(16,17)12-6-5-10(18-2)7-11(12)19-3/h5-7,14-15H,8-9H2,1-4H3. The van der Waals surface area contributed by atoms with Crippen LogP contribution in [0.1, 0.15) is 6.92 Å². The molecule has 0 aromatic heterocycles. The summed E-state index contributed by atoms with van der Waals surface area (Å²) in [5.41, 5.74) is -1.12. The Hall–Kier alpha value is -0.960. The zero-order chi connectivity index (χ0) is 16.1. The number of hydrogen-bond donors (Lipinski definition) is 2. The van der Waals surface area contributed by atoms with E-state index < -0.39 is 15.6 Å². The summed E-state index contributed by atoms with van der Waals surface area (Å²) in [6.07, 6.45) is 1.84. The van der Waals surface area contributed by atoms with Gasteiger partial charge in [-0.1, -0.05) is 0 Å². The summed E-state index contributed by atoms with van der Waals surface area (Å²) in [4.78, 5) is 0.00533. The molecule has 1 rings (SSSR count). The van der Waals surface area contributed by atoms with E-state index in [1.807, 2.05) is 6.26 Å². The normalized spacial score (nSPS) is 14.5. The molecule has 1 aromatic rings. The van der Waals surface area contributed by atoms with Crippen LogP contribution in [-0.4, -0.2) is 51.9 Å².